The Labute approximate surface area is 200 Å². The standard InChI is InChI=1S/C24H16F2N2O4S2/c1-2-32-14-6-3-5-12(9-14)21(29)18-20(16-7-4-8-33-16)28(23(31)22(18)30)24-27-19-15(26)10-13(25)11-17(19)34-24/h3-11,20,29H,2H2,1H3/b21-18+. The van der Waals surface area contributed by atoms with E-state index in [-0.39, 0.29) is 26.7 Å². The Hall–Kier alpha value is -3.63. The average molecular weight is 499 g/mol. The molecule has 2 aromatic carbocycles. The largest absolute Gasteiger partial charge is 0.507 e. The van der Waals surface area contributed by atoms with Gasteiger partial charge in [-0.1, -0.05) is 29.5 Å². The van der Waals surface area contributed by atoms with Crippen LogP contribution in [0.15, 0.2) is 59.5 Å². The lowest BCUT2D eigenvalue weighted by Gasteiger charge is -2.21. The molecule has 3 heterocycles. The number of nitrogens with zero attached hydrogens (tertiary/aromatic N) is 2. The number of amides is 1. The molecule has 172 valence electrons. The van der Waals surface area contributed by atoms with Gasteiger partial charge in [-0.15, -0.1) is 11.3 Å². The number of aromatic nitrogens is 1. The summed E-state index contributed by atoms with van der Waals surface area (Å²) in [7, 11) is 0. The zero-order chi connectivity index (χ0) is 24.0. The number of hydrogen-bond acceptors (Lipinski definition) is 7. The second-order valence-electron chi connectivity index (χ2n) is 7.38. The van der Waals surface area contributed by atoms with Gasteiger partial charge in [0, 0.05) is 16.5 Å². The number of halogens is 2. The van der Waals surface area contributed by atoms with Crippen LogP contribution in [0.5, 0.6) is 5.75 Å². The van der Waals surface area contributed by atoms with Crippen LogP contribution in [-0.4, -0.2) is 28.4 Å². The van der Waals surface area contributed by atoms with Gasteiger partial charge in [-0.25, -0.2) is 13.8 Å². The van der Waals surface area contributed by atoms with Crippen LogP contribution < -0.4 is 9.64 Å². The predicted octanol–water partition coefficient (Wildman–Crippen LogP) is 5.66. The molecule has 1 N–H and O–H groups in total. The van der Waals surface area contributed by atoms with Gasteiger partial charge in [0.2, 0.25) is 0 Å². The number of fused-ring (bicyclic) bond motifs is 1. The number of rotatable bonds is 5. The summed E-state index contributed by atoms with van der Waals surface area (Å²) in [6, 6.07) is 10.9. The van der Waals surface area contributed by atoms with Crippen LogP contribution in [0, 0.1) is 11.6 Å². The number of carbonyl (C=O) groups is 2. The first-order chi connectivity index (χ1) is 16.4. The molecular weight excluding hydrogens is 482 g/mol. The zero-order valence-electron chi connectivity index (χ0n) is 17.6. The van der Waals surface area contributed by atoms with E-state index in [0.29, 0.717) is 28.9 Å². The number of aliphatic hydroxyl groups excluding tert-OH is 1. The molecule has 0 radical (unpaired) electrons. The zero-order valence-corrected chi connectivity index (χ0v) is 19.3. The number of ether oxygens (including phenoxy) is 1. The second kappa shape index (κ2) is 8.62. The molecule has 1 amide bonds. The Balaban J connectivity index is 1.69. The summed E-state index contributed by atoms with van der Waals surface area (Å²) in [5.74, 6) is -3.32. The fraction of sp³-hybridized carbons (Fsp3) is 0.125. The van der Waals surface area contributed by atoms with Crippen LogP contribution in [0.4, 0.5) is 13.9 Å². The molecule has 0 aliphatic carbocycles. The van der Waals surface area contributed by atoms with Crippen LogP contribution in [0.3, 0.4) is 0 Å². The molecule has 6 nitrogen and oxygen atoms in total. The lowest BCUT2D eigenvalue weighted by molar-refractivity contribution is -0.132. The van der Waals surface area contributed by atoms with E-state index in [4.69, 9.17) is 4.74 Å². The highest BCUT2D eigenvalue weighted by molar-refractivity contribution is 7.22. The van der Waals surface area contributed by atoms with Crippen LogP contribution in [-0.2, 0) is 9.59 Å². The maximum atomic E-state index is 14.3. The molecule has 10 heteroatoms. The molecule has 1 saturated heterocycles. The van der Waals surface area contributed by atoms with Gasteiger partial charge in [-0.3, -0.25) is 14.5 Å². The number of carbonyl (C=O) groups excluding carboxylic acids is 2. The van der Waals surface area contributed by atoms with E-state index >= 15 is 0 Å². The van der Waals surface area contributed by atoms with Crippen molar-refractivity contribution in [1.29, 1.82) is 0 Å². The maximum Gasteiger partial charge on any atom is 0.301 e. The SMILES string of the molecule is CCOc1cccc(/C(O)=C2\C(=O)C(=O)N(c3nc4c(F)cc(F)cc4s3)C2c2cccs2)c1. The van der Waals surface area contributed by atoms with Crippen LogP contribution in [0.25, 0.3) is 16.0 Å². The number of benzene rings is 2. The number of ketones is 1. The Bertz CT molecular complexity index is 1460. The molecule has 4 aromatic rings. The normalized spacial score (nSPS) is 17.6. The van der Waals surface area contributed by atoms with Gasteiger partial charge in [0.05, 0.1) is 16.9 Å². The number of thiophene rings is 1. The molecule has 1 aliphatic rings. The summed E-state index contributed by atoms with van der Waals surface area (Å²) in [6.07, 6.45) is 0. The highest BCUT2D eigenvalue weighted by Crippen LogP contribution is 2.45. The van der Waals surface area contributed by atoms with E-state index in [1.165, 1.54) is 11.3 Å². The number of thiazole rings is 1. The fourth-order valence-corrected chi connectivity index (χ4v) is 5.70. The predicted molar refractivity (Wildman–Crippen MR) is 126 cm³/mol. The van der Waals surface area contributed by atoms with Gasteiger partial charge in [-0.05, 0) is 36.6 Å². The van der Waals surface area contributed by atoms with Gasteiger partial charge in [-0.2, -0.15) is 0 Å². The first-order valence-corrected chi connectivity index (χ1v) is 11.9. The summed E-state index contributed by atoms with van der Waals surface area (Å²) in [4.78, 5) is 32.3. The van der Waals surface area contributed by atoms with Crippen molar-refractivity contribution in [3.05, 3.63) is 81.6 Å². The Morgan fingerprint density at radius 3 is 2.74 bits per heavy atom. The summed E-state index contributed by atoms with van der Waals surface area (Å²) in [6.45, 7) is 2.24. The van der Waals surface area contributed by atoms with Crippen LogP contribution >= 0.6 is 22.7 Å². The summed E-state index contributed by atoms with van der Waals surface area (Å²) >= 11 is 2.18. The van der Waals surface area contributed by atoms with Gasteiger partial charge in [0.25, 0.3) is 5.78 Å². The minimum absolute atomic E-state index is 0.0297. The highest BCUT2D eigenvalue weighted by Gasteiger charge is 2.48. The van der Waals surface area contributed by atoms with E-state index in [2.05, 4.69) is 4.98 Å². The molecule has 1 atom stereocenters. The Morgan fingerprint density at radius 2 is 2.00 bits per heavy atom. The van der Waals surface area contributed by atoms with E-state index in [1.54, 1.807) is 41.8 Å². The van der Waals surface area contributed by atoms with Crippen molar-refractivity contribution in [3.63, 3.8) is 0 Å². The van der Waals surface area contributed by atoms with Crippen molar-refractivity contribution in [2.24, 2.45) is 0 Å². The third-order valence-electron chi connectivity index (χ3n) is 5.28. The average Bonchev–Trinajstić information content (AvgIpc) is 3.53. The van der Waals surface area contributed by atoms with Crippen molar-refractivity contribution in [1.82, 2.24) is 4.98 Å². The minimum Gasteiger partial charge on any atom is -0.507 e. The maximum absolute atomic E-state index is 14.3. The molecule has 34 heavy (non-hydrogen) atoms. The second-order valence-corrected chi connectivity index (χ2v) is 9.36. The molecule has 5 rings (SSSR count). The monoisotopic (exact) mass is 498 g/mol. The molecule has 1 aliphatic heterocycles. The third-order valence-corrected chi connectivity index (χ3v) is 7.21. The van der Waals surface area contributed by atoms with Crippen molar-refractivity contribution in [2.45, 2.75) is 13.0 Å². The number of anilines is 1. The first-order valence-electron chi connectivity index (χ1n) is 10.2. The lowest BCUT2D eigenvalue weighted by atomic mass is 10.00. The van der Waals surface area contributed by atoms with Crippen molar-refractivity contribution < 1.29 is 28.2 Å². The summed E-state index contributed by atoms with van der Waals surface area (Å²) in [5, 5.41) is 13.0. The first kappa shape index (κ1) is 22.2. The van der Waals surface area contributed by atoms with Gasteiger partial charge >= 0.3 is 5.91 Å². The number of Topliss-reactive ketones (excluding diaryl/α,β-unsaturated/α-hetero) is 1. The van der Waals surface area contributed by atoms with Crippen molar-refractivity contribution in [3.8, 4) is 5.75 Å². The third kappa shape index (κ3) is 3.64. The van der Waals surface area contributed by atoms with E-state index in [9.17, 15) is 23.5 Å². The van der Waals surface area contributed by atoms with E-state index < -0.39 is 29.4 Å². The van der Waals surface area contributed by atoms with Crippen LogP contribution in [0.1, 0.15) is 23.4 Å². The molecule has 2 aromatic heterocycles. The highest BCUT2D eigenvalue weighted by atomic mass is 32.1. The fourth-order valence-electron chi connectivity index (χ4n) is 3.85. The summed E-state index contributed by atoms with van der Waals surface area (Å²) in [5.41, 5.74) is 0.0903. The van der Waals surface area contributed by atoms with E-state index in [0.717, 1.165) is 22.3 Å². The summed E-state index contributed by atoms with van der Waals surface area (Å²) < 4.78 is 33.7. The Kier molecular flexibility index (Phi) is 5.62. The minimum atomic E-state index is -0.982. The van der Waals surface area contributed by atoms with Gasteiger partial charge in [0.15, 0.2) is 10.9 Å². The smallest absolute Gasteiger partial charge is 0.301 e. The molecule has 1 unspecified atom stereocenters. The molecular formula is C24H16F2N2O4S2. The van der Waals surface area contributed by atoms with Crippen molar-refractivity contribution >= 4 is 55.5 Å². The lowest BCUT2D eigenvalue weighted by Crippen LogP contribution is -2.28. The Morgan fingerprint density at radius 1 is 1.18 bits per heavy atom. The quantitative estimate of drug-likeness (QED) is 0.218. The van der Waals surface area contributed by atoms with Gasteiger partial charge < -0.3 is 9.84 Å². The number of aliphatic hydroxyl groups is 1. The topological polar surface area (TPSA) is 79.7 Å². The molecule has 0 spiro atoms. The molecule has 1 fully saturated rings. The van der Waals surface area contributed by atoms with Gasteiger partial charge in [0.1, 0.15) is 28.9 Å². The van der Waals surface area contributed by atoms with E-state index in [1.807, 2.05) is 6.92 Å². The molecule has 0 bridgehead atoms. The van der Waals surface area contributed by atoms with Crippen LogP contribution in [0.2, 0.25) is 0 Å². The van der Waals surface area contributed by atoms with Crippen molar-refractivity contribution in [2.75, 3.05) is 11.5 Å². The molecule has 0 saturated carbocycles. The number of hydrogen-bond donors (Lipinski definition) is 1.